The van der Waals surface area contributed by atoms with E-state index in [1.807, 2.05) is 24.7 Å². The van der Waals surface area contributed by atoms with E-state index in [1.54, 1.807) is 6.20 Å². The molecular weight excluding hydrogens is 238 g/mol. The smallest absolute Gasteiger partial charge is 0.154 e. The lowest BCUT2D eigenvalue weighted by molar-refractivity contribution is 0.621. The highest BCUT2D eigenvalue weighted by atomic mass is 35.5. The van der Waals surface area contributed by atoms with Crippen LogP contribution in [-0.4, -0.2) is 26.8 Å². The molecule has 6 heteroatoms. The van der Waals surface area contributed by atoms with Gasteiger partial charge in [0.05, 0.1) is 11.7 Å². The predicted molar refractivity (Wildman–Crippen MR) is 65.7 cm³/mol. The van der Waals surface area contributed by atoms with Crippen molar-refractivity contribution in [3.8, 4) is 5.69 Å². The van der Waals surface area contributed by atoms with Gasteiger partial charge in [-0.05, 0) is 19.9 Å². The predicted octanol–water partition coefficient (Wildman–Crippen LogP) is 2.13. The maximum atomic E-state index is 6.16. The maximum absolute atomic E-state index is 6.16. The fourth-order valence-corrected chi connectivity index (χ4v) is 2.45. The first-order chi connectivity index (χ1) is 8.09. The molecule has 0 aromatic carbocycles. The van der Waals surface area contributed by atoms with Gasteiger partial charge in [-0.2, -0.15) is 5.10 Å². The standard InChI is InChI=1S/C11H12ClN5/c1-6-11-14-7(2)15-17(11)8-4-5-13-10(12)9(8)16(6)3/h4-6H,1-3H3/t6-/m0/s1. The summed E-state index contributed by atoms with van der Waals surface area (Å²) in [5.74, 6) is 1.70. The summed E-state index contributed by atoms with van der Waals surface area (Å²) in [5, 5.41) is 4.91. The van der Waals surface area contributed by atoms with E-state index in [-0.39, 0.29) is 6.04 Å². The van der Waals surface area contributed by atoms with Crippen LogP contribution >= 0.6 is 11.6 Å². The number of pyridine rings is 1. The monoisotopic (exact) mass is 249 g/mol. The van der Waals surface area contributed by atoms with Gasteiger partial charge in [0.15, 0.2) is 11.0 Å². The Hall–Kier alpha value is -1.62. The first kappa shape index (κ1) is 10.5. The number of rotatable bonds is 0. The molecule has 3 rings (SSSR count). The van der Waals surface area contributed by atoms with Crippen LogP contribution in [0.15, 0.2) is 12.3 Å². The molecule has 0 radical (unpaired) electrons. The second kappa shape index (κ2) is 3.43. The molecule has 0 spiro atoms. The number of anilines is 1. The number of fused-ring (bicyclic) bond motifs is 3. The molecule has 88 valence electrons. The molecule has 0 N–H and O–H groups in total. The van der Waals surface area contributed by atoms with Crippen LogP contribution in [0.25, 0.3) is 5.69 Å². The zero-order valence-corrected chi connectivity index (χ0v) is 10.6. The van der Waals surface area contributed by atoms with Crippen molar-refractivity contribution in [2.75, 3.05) is 11.9 Å². The normalized spacial score (nSPS) is 17.9. The van der Waals surface area contributed by atoms with Crippen LogP contribution in [0.5, 0.6) is 0 Å². The van der Waals surface area contributed by atoms with Gasteiger partial charge in [-0.3, -0.25) is 0 Å². The molecular formula is C11H12ClN5. The first-order valence-corrected chi connectivity index (χ1v) is 5.78. The van der Waals surface area contributed by atoms with Crippen molar-refractivity contribution in [3.63, 3.8) is 0 Å². The van der Waals surface area contributed by atoms with Crippen LogP contribution in [0.4, 0.5) is 5.69 Å². The first-order valence-electron chi connectivity index (χ1n) is 5.41. The van der Waals surface area contributed by atoms with E-state index >= 15 is 0 Å². The van der Waals surface area contributed by atoms with E-state index in [9.17, 15) is 0 Å². The molecule has 0 saturated heterocycles. The summed E-state index contributed by atoms with van der Waals surface area (Å²) in [6, 6.07) is 2.03. The molecule has 2 aromatic heterocycles. The third-order valence-corrected chi connectivity index (χ3v) is 3.41. The van der Waals surface area contributed by atoms with Crippen LogP contribution in [0.2, 0.25) is 5.15 Å². The van der Waals surface area contributed by atoms with E-state index in [4.69, 9.17) is 11.6 Å². The molecule has 2 aromatic rings. The second-order valence-electron chi connectivity index (χ2n) is 4.19. The van der Waals surface area contributed by atoms with Gasteiger partial charge in [-0.25, -0.2) is 14.6 Å². The third kappa shape index (κ3) is 1.35. The van der Waals surface area contributed by atoms with Crippen LogP contribution < -0.4 is 4.90 Å². The SMILES string of the molecule is Cc1nc2n(n1)-c1ccnc(Cl)c1N(C)[C@H]2C. The molecule has 1 aliphatic rings. The minimum Gasteiger partial charge on any atom is -0.360 e. The number of hydrogen-bond donors (Lipinski definition) is 0. The molecule has 0 aliphatic carbocycles. The number of halogens is 1. The number of nitrogens with zero attached hydrogens (tertiary/aromatic N) is 5. The summed E-state index contributed by atoms with van der Waals surface area (Å²) < 4.78 is 1.85. The van der Waals surface area contributed by atoms with E-state index in [0.29, 0.717) is 5.15 Å². The average molecular weight is 250 g/mol. The maximum Gasteiger partial charge on any atom is 0.154 e. The summed E-state index contributed by atoms with van der Waals surface area (Å²) >= 11 is 6.16. The Morgan fingerprint density at radius 1 is 1.41 bits per heavy atom. The Labute approximate surface area is 104 Å². The number of hydrogen-bond acceptors (Lipinski definition) is 4. The quantitative estimate of drug-likeness (QED) is 0.671. The summed E-state index contributed by atoms with van der Waals surface area (Å²) in [6.07, 6.45) is 1.69. The van der Waals surface area contributed by atoms with Crippen LogP contribution in [0.3, 0.4) is 0 Å². The Balaban J connectivity index is 2.35. The molecule has 17 heavy (non-hydrogen) atoms. The molecule has 0 saturated carbocycles. The molecule has 3 heterocycles. The van der Waals surface area contributed by atoms with Gasteiger partial charge in [0.1, 0.15) is 11.5 Å². The van der Waals surface area contributed by atoms with Crippen molar-refractivity contribution in [2.45, 2.75) is 19.9 Å². The van der Waals surface area contributed by atoms with E-state index in [1.165, 1.54) is 0 Å². The second-order valence-corrected chi connectivity index (χ2v) is 4.54. The lowest BCUT2D eigenvalue weighted by Gasteiger charge is -2.33. The third-order valence-electron chi connectivity index (χ3n) is 3.13. The Morgan fingerprint density at radius 2 is 2.18 bits per heavy atom. The van der Waals surface area contributed by atoms with Crippen molar-refractivity contribution in [2.24, 2.45) is 0 Å². The molecule has 5 nitrogen and oxygen atoms in total. The average Bonchev–Trinajstić information content (AvgIpc) is 2.68. The molecule has 0 bridgehead atoms. The van der Waals surface area contributed by atoms with Crippen molar-refractivity contribution < 1.29 is 0 Å². The lowest BCUT2D eigenvalue weighted by Crippen LogP contribution is -2.30. The fourth-order valence-electron chi connectivity index (χ4n) is 2.16. The molecule has 0 fully saturated rings. The highest BCUT2D eigenvalue weighted by Gasteiger charge is 2.30. The zero-order chi connectivity index (χ0) is 12.2. The number of aryl methyl sites for hydroxylation is 1. The summed E-state index contributed by atoms with van der Waals surface area (Å²) in [5.41, 5.74) is 1.83. The van der Waals surface area contributed by atoms with Crippen molar-refractivity contribution in [1.82, 2.24) is 19.7 Å². The van der Waals surface area contributed by atoms with Gasteiger partial charge in [0, 0.05) is 13.2 Å². The van der Waals surface area contributed by atoms with Gasteiger partial charge < -0.3 is 4.90 Å². The summed E-state index contributed by atoms with van der Waals surface area (Å²) in [6.45, 7) is 3.97. The fraction of sp³-hybridized carbons (Fsp3) is 0.364. The van der Waals surface area contributed by atoms with E-state index in [2.05, 4.69) is 26.9 Å². The van der Waals surface area contributed by atoms with E-state index in [0.717, 1.165) is 23.0 Å². The largest absolute Gasteiger partial charge is 0.360 e. The zero-order valence-electron chi connectivity index (χ0n) is 9.85. The van der Waals surface area contributed by atoms with Crippen molar-refractivity contribution in [1.29, 1.82) is 0 Å². The lowest BCUT2D eigenvalue weighted by atomic mass is 10.2. The van der Waals surface area contributed by atoms with Gasteiger partial charge in [0.25, 0.3) is 0 Å². The van der Waals surface area contributed by atoms with Gasteiger partial charge in [-0.15, -0.1) is 0 Å². The van der Waals surface area contributed by atoms with Gasteiger partial charge >= 0.3 is 0 Å². The minimum atomic E-state index is 0.130. The molecule has 0 amide bonds. The summed E-state index contributed by atoms with van der Waals surface area (Å²) in [4.78, 5) is 10.7. The van der Waals surface area contributed by atoms with E-state index < -0.39 is 0 Å². The highest BCUT2D eigenvalue weighted by Crippen LogP contribution is 2.39. The Kier molecular flexibility index (Phi) is 2.13. The van der Waals surface area contributed by atoms with Crippen LogP contribution in [0.1, 0.15) is 24.6 Å². The van der Waals surface area contributed by atoms with Gasteiger partial charge in [0.2, 0.25) is 0 Å². The molecule has 1 atom stereocenters. The van der Waals surface area contributed by atoms with Crippen LogP contribution in [-0.2, 0) is 0 Å². The highest BCUT2D eigenvalue weighted by molar-refractivity contribution is 6.32. The molecule has 1 aliphatic heterocycles. The van der Waals surface area contributed by atoms with Crippen molar-refractivity contribution in [3.05, 3.63) is 29.1 Å². The van der Waals surface area contributed by atoms with Gasteiger partial charge in [-0.1, -0.05) is 11.6 Å². The van der Waals surface area contributed by atoms with Crippen LogP contribution in [0, 0.1) is 6.92 Å². The minimum absolute atomic E-state index is 0.130. The Bertz CT molecular complexity index is 592. The summed E-state index contributed by atoms with van der Waals surface area (Å²) in [7, 11) is 1.99. The van der Waals surface area contributed by atoms with Crippen molar-refractivity contribution >= 4 is 17.3 Å². The molecule has 0 unspecified atom stereocenters. The Morgan fingerprint density at radius 3 is 2.94 bits per heavy atom. The number of aromatic nitrogens is 4. The topological polar surface area (TPSA) is 46.8 Å².